The van der Waals surface area contributed by atoms with E-state index in [-0.39, 0.29) is 6.61 Å². The number of carboxylic acid groups (broad SMARTS) is 1. The van der Waals surface area contributed by atoms with Gasteiger partial charge in [-0.1, -0.05) is 31.0 Å². The maximum absolute atomic E-state index is 11.4. The molecule has 1 aromatic heterocycles. The third-order valence-electron chi connectivity index (χ3n) is 3.46. The van der Waals surface area contributed by atoms with Gasteiger partial charge >= 0.3 is 5.97 Å². The summed E-state index contributed by atoms with van der Waals surface area (Å²) in [6, 6.07) is 7.82. The van der Waals surface area contributed by atoms with Gasteiger partial charge in [-0.2, -0.15) is 0 Å². The number of unbranched alkanes of at least 4 members (excludes halogenated alkanes) is 3. The molecule has 0 fully saturated rings. The molecule has 2 aromatic rings. The Kier molecular flexibility index (Phi) is 6.17. The molecule has 0 aliphatic rings. The first-order valence-corrected chi connectivity index (χ1v) is 8.11. The van der Waals surface area contributed by atoms with Crippen molar-refractivity contribution >= 4 is 27.4 Å². The van der Waals surface area contributed by atoms with Gasteiger partial charge in [-0.05, 0) is 36.4 Å². The molecule has 0 amide bonds. The molecule has 0 spiro atoms. The van der Waals surface area contributed by atoms with Gasteiger partial charge in [0.25, 0.3) is 0 Å². The summed E-state index contributed by atoms with van der Waals surface area (Å²) in [4.78, 5) is 11.8. The molecule has 0 radical (unpaired) electrons. The second-order valence-electron chi connectivity index (χ2n) is 5.03. The number of fused-ring (bicyclic) bond motifs is 1. The van der Waals surface area contributed by atoms with Crippen molar-refractivity contribution in [2.24, 2.45) is 0 Å². The lowest BCUT2D eigenvalue weighted by Crippen LogP contribution is -2.16. The van der Waals surface area contributed by atoms with Gasteiger partial charge in [0, 0.05) is 17.9 Å². The third-order valence-corrected chi connectivity index (χ3v) is 4.66. The Hall–Kier alpha value is -1.43. The van der Waals surface area contributed by atoms with Crippen LogP contribution in [0.5, 0.6) is 0 Å². The molecule has 4 nitrogen and oxygen atoms in total. The summed E-state index contributed by atoms with van der Waals surface area (Å²) in [5.41, 5.74) is 0.887. The Morgan fingerprint density at radius 3 is 2.67 bits per heavy atom. The lowest BCUT2D eigenvalue weighted by molar-refractivity contribution is 0.0701. The molecule has 3 N–H and O–H groups in total. The number of rotatable bonds is 9. The lowest BCUT2D eigenvalue weighted by atomic mass is 10.1. The predicted octanol–water partition coefficient (Wildman–Crippen LogP) is 3.24. The molecule has 0 aliphatic carbocycles. The van der Waals surface area contributed by atoms with Crippen molar-refractivity contribution in [3.63, 3.8) is 0 Å². The molecule has 5 heteroatoms. The fourth-order valence-corrected chi connectivity index (χ4v) is 3.44. The first-order chi connectivity index (χ1) is 10.2. The van der Waals surface area contributed by atoms with E-state index in [4.69, 9.17) is 5.11 Å². The minimum atomic E-state index is -0.851. The number of thiophene rings is 1. The number of hydrogen-bond donors (Lipinski definition) is 3. The highest BCUT2D eigenvalue weighted by atomic mass is 32.1. The van der Waals surface area contributed by atoms with Gasteiger partial charge in [-0.15, -0.1) is 11.3 Å². The summed E-state index contributed by atoms with van der Waals surface area (Å²) >= 11 is 1.34. The molecule has 0 bridgehead atoms. The van der Waals surface area contributed by atoms with Crippen molar-refractivity contribution in [2.45, 2.75) is 32.2 Å². The highest BCUT2D eigenvalue weighted by Crippen LogP contribution is 2.31. The van der Waals surface area contributed by atoms with Crippen LogP contribution in [0.15, 0.2) is 24.3 Å². The summed E-state index contributed by atoms with van der Waals surface area (Å²) in [6.45, 7) is 1.72. The number of carbonyl (C=O) groups is 1. The smallest absolute Gasteiger partial charge is 0.346 e. The maximum atomic E-state index is 11.4. The molecule has 0 aliphatic heterocycles. The molecule has 0 unspecified atom stereocenters. The molecule has 21 heavy (non-hydrogen) atoms. The van der Waals surface area contributed by atoms with Crippen LogP contribution in [-0.2, 0) is 6.54 Å². The largest absolute Gasteiger partial charge is 0.477 e. The van der Waals surface area contributed by atoms with Crippen LogP contribution in [0.4, 0.5) is 0 Å². The minimum Gasteiger partial charge on any atom is -0.477 e. The monoisotopic (exact) mass is 307 g/mol. The Morgan fingerprint density at radius 2 is 1.90 bits per heavy atom. The molecule has 0 saturated carbocycles. The van der Waals surface area contributed by atoms with E-state index in [1.165, 1.54) is 11.3 Å². The van der Waals surface area contributed by atoms with E-state index in [9.17, 15) is 9.90 Å². The number of nitrogens with one attached hydrogen (secondary N) is 1. The SMILES string of the molecule is O=C(O)c1sc2ccccc2c1CNCCCCCCO. The summed E-state index contributed by atoms with van der Waals surface area (Å²) in [5.74, 6) is -0.851. The second-order valence-corrected chi connectivity index (χ2v) is 6.08. The van der Waals surface area contributed by atoms with Crippen LogP contribution in [0.3, 0.4) is 0 Å². The second kappa shape index (κ2) is 8.12. The van der Waals surface area contributed by atoms with E-state index in [0.29, 0.717) is 11.4 Å². The summed E-state index contributed by atoms with van der Waals surface area (Å²) in [7, 11) is 0. The number of carboxylic acids is 1. The Bertz CT molecular complexity index is 594. The van der Waals surface area contributed by atoms with Crippen LogP contribution in [-0.4, -0.2) is 29.3 Å². The van der Waals surface area contributed by atoms with Crippen LogP contribution in [0.25, 0.3) is 10.1 Å². The van der Waals surface area contributed by atoms with E-state index in [0.717, 1.165) is 47.9 Å². The number of benzene rings is 1. The quantitative estimate of drug-likeness (QED) is 0.622. The fourth-order valence-electron chi connectivity index (χ4n) is 2.38. The van der Waals surface area contributed by atoms with E-state index >= 15 is 0 Å². The third kappa shape index (κ3) is 4.27. The van der Waals surface area contributed by atoms with E-state index in [1.54, 1.807) is 0 Å². The number of aromatic carboxylic acids is 1. The normalized spacial score (nSPS) is 11.1. The zero-order valence-electron chi connectivity index (χ0n) is 12.0. The van der Waals surface area contributed by atoms with Crippen LogP contribution >= 0.6 is 11.3 Å². The van der Waals surface area contributed by atoms with Gasteiger partial charge in [-0.3, -0.25) is 0 Å². The zero-order chi connectivity index (χ0) is 15.1. The molecule has 1 aromatic carbocycles. The molecular weight excluding hydrogens is 286 g/mol. The van der Waals surface area contributed by atoms with Gasteiger partial charge in [-0.25, -0.2) is 4.79 Å². The molecule has 0 atom stereocenters. The first kappa shape index (κ1) is 15.9. The minimum absolute atomic E-state index is 0.260. The summed E-state index contributed by atoms with van der Waals surface area (Å²) in [6.07, 6.45) is 4.03. The molecule has 0 saturated heterocycles. The van der Waals surface area contributed by atoms with Gasteiger partial charge in [0.05, 0.1) is 0 Å². The fraction of sp³-hybridized carbons (Fsp3) is 0.438. The van der Waals surface area contributed by atoms with Crippen molar-refractivity contribution in [3.05, 3.63) is 34.7 Å². The van der Waals surface area contributed by atoms with Crippen molar-refractivity contribution in [1.29, 1.82) is 0 Å². The standard InChI is InChI=1S/C16H21NO3S/c18-10-6-2-1-5-9-17-11-13-12-7-3-4-8-14(12)21-15(13)16(19)20/h3-4,7-8,17-18H,1-2,5-6,9-11H2,(H,19,20). The van der Waals surface area contributed by atoms with Crippen LogP contribution in [0.1, 0.15) is 40.9 Å². The zero-order valence-corrected chi connectivity index (χ0v) is 12.8. The molecule has 1 heterocycles. The lowest BCUT2D eigenvalue weighted by Gasteiger charge is -2.05. The maximum Gasteiger partial charge on any atom is 0.346 e. The van der Waals surface area contributed by atoms with Crippen LogP contribution in [0, 0.1) is 0 Å². The number of hydrogen-bond acceptors (Lipinski definition) is 4. The van der Waals surface area contributed by atoms with Gasteiger partial charge in [0.2, 0.25) is 0 Å². The molecule has 114 valence electrons. The molecular formula is C16H21NO3S. The Labute approximate surface area is 128 Å². The van der Waals surface area contributed by atoms with Crippen molar-refractivity contribution in [1.82, 2.24) is 5.32 Å². The number of aliphatic hydroxyl groups is 1. The van der Waals surface area contributed by atoms with E-state index in [2.05, 4.69) is 5.32 Å². The van der Waals surface area contributed by atoms with Gasteiger partial charge < -0.3 is 15.5 Å². The topological polar surface area (TPSA) is 69.6 Å². The highest BCUT2D eigenvalue weighted by Gasteiger charge is 2.16. The van der Waals surface area contributed by atoms with Gasteiger partial charge in [0.1, 0.15) is 4.88 Å². The van der Waals surface area contributed by atoms with Crippen molar-refractivity contribution < 1.29 is 15.0 Å². The van der Waals surface area contributed by atoms with Crippen LogP contribution in [0.2, 0.25) is 0 Å². The Balaban J connectivity index is 1.94. The van der Waals surface area contributed by atoms with Crippen molar-refractivity contribution in [3.8, 4) is 0 Å². The van der Waals surface area contributed by atoms with E-state index < -0.39 is 5.97 Å². The summed E-state index contributed by atoms with van der Waals surface area (Å²) in [5, 5.41) is 22.4. The Morgan fingerprint density at radius 1 is 1.14 bits per heavy atom. The first-order valence-electron chi connectivity index (χ1n) is 7.29. The van der Waals surface area contributed by atoms with Crippen molar-refractivity contribution in [2.75, 3.05) is 13.2 Å². The highest BCUT2D eigenvalue weighted by molar-refractivity contribution is 7.21. The van der Waals surface area contributed by atoms with Gasteiger partial charge in [0.15, 0.2) is 0 Å². The summed E-state index contributed by atoms with van der Waals surface area (Å²) < 4.78 is 1.02. The van der Waals surface area contributed by atoms with E-state index in [1.807, 2.05) is 24.3 Å². The number of aliphatic hydroxyl groups excluding tert-OH is 1. The average molecular weight is 307 g/mol. The van der Waals surface area contributed by atoms with Crippen LogP contribution < -0.4 is 5.32 Å². The molecule has 2 rings (SSSR count). The predicted molar refractivity (Wildman–Crippen MR) is 86.0 cm³/mol. The average Bonchev–Trinajstić information content (AvgIpc) is 2.85.